The van der Waals surface area contributed by atoms with Crippen LogP contribution in [-0.4, -0.2) is 50.9 Å². The predicted molar refractivity (Wildman–Crippen MR) is 71.0 cm³/mol. The van der Waals surface area contributed by atoms with E-state index in [1.807, 2.05) is 0 Å². The molecule has 1 aromatic carbocycles. The normalized spacial score (nSPS) is 11.5. The number of phenols is 1. The fraction of sp³-hybridized carbons (Fsp3) is 0.364. The van der Waals surface area contributed by atoms with E-state index in [0.29, 0.717) is 5.56 Å². The Morgan fingerprint density at radius 2 is 2.00 bits per heavy atom. The number of nitrogens with zero attached hydrogens (tertiary/aromatic N) is 1. The number of amides is 1. The second-order valence-electron chi connectivity index (χ2n) is 3.99. The SMILES string of the molecule is CN(C)S(=O)(=O)NCCNC(=O)c1cccc(O)c1. The zero-order valence-electron chi connectivity index (χ0n) is 10.8. The van der Waals surface area contributed by atoms with Gasteiger partial charge in [-0.25, -0.2) is 4.72 Å². The lowest BCUT2D eigenvalue weighted by Gasteiger charge is -2.12. The van der Waals surface area contributed by atoms with Gasteiger partial charge >= 0.3 is 0 Å². The van der Waals surface area contributed by atoms with Gasteiger partial charge in [0.2, 0.25) is 0 Å². The largest absolute Gasteiger partial charge is 0.508 e. The van der Waals surface area contributed by atoms with E-state index in [4.69, 9.17) is 0 Å². The minimum Gasteiger partial charge on any atom is -0.508 e. The van der Waals surface area contributed by atoms with Crippen LogP contribution in [0.4, 0.5) is 0 Å². The highest BCUT2D eigenvalue weighted by Crippen LogP contribution is 2.10. The molecule has 7 nitrogen and oxygen atoms in total. The van der Waals surface area contributed by atoms with E-state index >= 15 is 0 Å². The van der Waals surface area contributed by atoms with Gasteiger partial charge in [0.05, 0.1) is 0 Å². The van der Waals surface area contributed by atoms with Gasteiger partial charge in [0.25, 0.3) is 16.1 Å². The zero-order valence-corrected chi connectivity index (χ0v) is 11.6. The maximum atomic E-state index is 11.6. The van der Waals surface area contributed by atoms with Crippen LogP contribution in [0.2, 0.25) is 0 Å². The van der Waals surface area contributed by atoms with Crippen molar-refractivity contribution in [3.63, 3.8) is 0 Å². The van der Waals surface area contributed by atoms with Gasteiger partial charge in [0.1, 0.15) is 5.75 Å². The van der Waals surface area contributed by atoms with E-state index in [2.05, 4.69) is 10.0 Å². The number of aromatic hydroxyl groups is 1. The summed E-state index contributed by atoms with van der Waals surface area (Å²) in [5.74, 6) is -0.374. The van der Waals surface area contributed by atoms with Crippen molar-refractivity contribution in [2.75, 3.05) is 27.2 Å². The molecule has 106 valence electrons. The molecule has 0 unspecified atom stereocenters. The Balaban J connectivity index is 2.40. The molecule has 0 bridgehead atoms. The lowest BCUT2D eigenvalue weighted by molar-refractivity contribution is 0.0954. The van der Waals surface area contributed by atoms with Crippen molar-refractivity contribution in [3.8, 4) is 5.75 Å². The van der Waals surface area contributed by atoms with Crippen LogP contribution < -0.4 is 10.0 Å². The Morgan fingerprint density at radius 1 is 1.32 bits per heavy atom. The zero-order chi connectivity index (χ0) is 14.5. The first kappa shape index (κ1) is 15.4. The van der Waals surface area contributed by atoms with Crippen LogP contribution in [0.3, 0.4) is 0 Å². The Hall–Kier alpha value is -1.64. The van der Waals surface area contributed by atoms with Gasteiger partial charge in [-0.1, -0.05) is 6.07 Å². The average molecular weight is 287 g/mol. The Bertz CT molecular complexity index is 543. The Labute approximate surface area is 112 Å². The molecule has 0 fully saturated rings. The van der Waals surface area contributed by atoms with E-state index < -0.39 is 10.2 Å². The Kier molecular flexibility index (Phi) is 5.28. The summed E-state index contributed by atoms with van der Waals surface area (Å²) in [6, 6.07) is 5.90. The molecule has 0 radical (unpaired) electrons. The van der Waals surface area contributed by atoms with Crippen molar-refractivity contribution in [3.05, 3.63) is 29.8 Å². The summed E-state index contributed by atoms with van der Waals surface area (Å²) in [4.78, 5) is 11.6. The van der Waals surface area contributed by atoms with Crippen LogP contribution in [0.1, 0.15) is 10.4 Å². The summed E-state index contributed by atoms with van der Waals surface area (Å²) in [6.45, 7) is 0.243. The van der Waals surface area contributed by atoms with Gasteiger partial charge < -0.3 is 10.4 Å². The molecular formula is C11H17N3O4S. The predicted octanol–water partition coefficient (Wildman–Crippen LogP) is -0.482. The molecular weight excluding hydrogens is 270 g/mol. The lowest BCUT2D eigenvalue weighted by Crippen LogP contribution is -2.40. The molecule has 1 aromatic rings. The number of hydrogen-bond donors (Lipinski definition) is 3. The van der Waals surface area contributed by atoms with Crippen molar-refractivity contribution in [1.82, 2.24) is 14.3 Å². The molecule has 1 amide bonds. The molecule has 0 aliphatic heterocycles. The Morgan fingerprint density at radius 3 is 2.58 bits per heavy atom. The number of nitrogens with one attached hydrogen (secondary N) is 2. The molecule has 3 N–H and O–H groups in total. The molecule has 0 saturated heterocycles. The molecule has 8 heteroatoms. The van der Waals surface area contributed by atoms with Crippen LogP contribution >= 0.6 is 0 Å². The summed E-state index contributed by atoms with van der Waals surface area (Å²) in [6.07, 6.45) is 0. The minimum atomic E-state index is -3.48. The molecule has 1 rings (SSSR count). The van der Waals surface area contributed by atoms with E-state index in [-0.39, 0.29) is 24.7 Å². The number of carbonyl (C=O) groups is 1. The quantitative estimate of drug-likeness (QED) is 0.615. The van der Waals surface area contributed by atoms with Gasteiger partial charge in [-0.3, -0.25) is 4.79 Å². The van der Waals surface area contributed by atoms with Crippen molar-refractivity contribution in [2.45, 2.75) is 0 Å². The summed E-state index contributed by atoms with van der Waals surface area (Å²) in [7, 11) is -0.655. The van der Waals surface area contributed by atoms with Gasteiger partial charge in [-0.05, 0) is 18.2 Å². The van der Waals surface area contributed by atoms with Gasteiger partial charge in [0, 0.05) is 32.7 Å². The van der Waals surface area contributed by atoms with Crippen LogP contribution in [0.5, 0.6) is 5.75 Å². The van der Waals surface area contributed by atoms with Crippen LogP contribution in [0, 0.1) is 0 Å². The molecule has 0 aliphatic carbocycles. The maximum Gasteiger partial charge on any atom is 0.278 e. The van der Waals surface area contributed by atoms with Crippen molar-refractivity contribution in [2.24, 2.45) is 0 Å². The van der Waals surface area contributed by atoms with E-state index in [1.165, 1.54) is 26.2 Å². The smallest absolute Gasteiger partial charge is 0.278 e. The van der Waals surface area contributed by atoms with Crippen molar-refractivity contribution < 1.29 is 18.3 Å². The number of rotatable bonds is 6. The van der Waals surface area contributed by atoms with Crippen LogP contribution in [0.25, 0.3) is 0 Å². The third-order valence-corrected chi connectivity index (χ3v) is 3.81. The maximum absolute atomic E-state index is 11.6. The van der Waals surface area contributed by atoms with Crippen LogP contribution in [-0.2, 0) is 10.2 Å². The number of phenolic OH excluding ortho intramolecular Hbond substituents is 1. The minimum absolute atomic E-state index is 0.000889. The highest BCUT2D eigenvalue weighted by molar-refractivity contribution is 7.87. The first-order chi connectivity index (χ1) is 8.83. The third kappa shape index (κ3) is 4.86. The summed E-state index contributed by atoms with van der Waals surface area (Å²) in [5.41, 5.74) is 0.315. The van der Waals surface area contributed by atoms with E-state index in [9.17, 15) is 18.3 Å². The first-order valence-corrected chi connectivity index (χ1v) is 7.01. The number of hydrogen-bond acceptors (Lipinski definition) is 4. The topological polar surface area (TPSA) is 98.7 Å². The van der Waals surface area contributed by atoms with Crippen molar-refractivity contribution in [1.29, 1.82) is 0 Å². The summed E-state index contributed by atoms with van der Waals surface area (Å²) < 4.78 is 26.1. The second-order valence-corrected chi connectivity index (χ2v) is 5.96. The summed E-state index contributed by atoms with van der Waals surface area (Å²) >= 11 is 0. The summed E-state index contributed by atoms with van der Waals surface area (Å²) in [5, 5.41) is 11.8. The third-order valence-electron chi connectivity index (χ3n) is 2.28. The number of carbonyl (C=O) groups excluding carboxylic acids is 1. The molecule has 0 aromatic heterocycles. The molecule has 0 spiro atoms. The molecule has 0 aliphatic rings. The fourth-order valence-electron chi connectivity index (χ4n) is 1.23. The fourth-order valence-corrected chi connectivity index (χ4v) is 1.85. The van der Waals surface area contributed by atoms with E-state index in [1.54, 1.807) is 12.1 Å². The highest BCUT2D eigenvalue weighted by atomic mass is 32.2. The van der Waals surface area contributed by atoms with Gasteiger partial charge in [-0.15, -0.1) is 0 Å². The van der Waals surface area contributed by atoms with Crippen molar-refractivity contribution >= 4 is 16.1 Å². The number of benzene rings is 1. The lowest BCUT2D eigenvalue weighted by atomic mass is 10.2. The van der Waals surface area contributed by atoms with Gasteiger partial charge in [0.15, 0.2) is 0 Å². The molecule has 0 heterocycles. The second kappa shape index (κ2) is 6.50. The van der Waals surface area contributed by atoms with Crippen LogP contribution in [0.15, 0.2) is 24.3 Å². The first-order valence-electron chi connectivity index (χ1n) is 5.57. The molecule has 19 heavy (non-hydrogen) atoms. The van der Waals surface area contributed by atoms with E-state index in [0.717, 1.165) is 4.31 Å². The average Bonchev–Trinajstić information content (AvgIpc) is 2.34. The molecule has 0 saturated carbocycles. The standard InChI is InChI=1S/C11H17N3O4S/c1-14(2)19(17,18)13-7-6-12-11(16)9-4-3-5-10(15)8-9/h3-5,8,13,15H,6-7H2,1-2H3,(H,12,16). The monoisotopic (exact) mass is 287 g/mol. The highest BCUT2D eigenvalue weighted by Gasteiger charge is 2.12. The van der Waals surface area contributed by atoms with Gasteiger partial charge in [-0.2, -0.15) is 12.7 Å². The molecule has 0 atom stereocenters.